The zero-order valence-corrected chi connectivity index (χ0v) is 11.4. The van der Waals surface area contributed by atoms with Crippen LogP contribution < -0.4 is 9.47 Å². The van der Waals surface area contributed by atoms with Gasteiger partial charge in [0.25, 0.3) is 0 Å². The van der Waals surface area contributed by atoms with Crippen LogP contribution in [0.3, 0.4) is 0 Å². The third kappa shape index (κ3) is 2.73. The van der Waals surface area contributed by atoms with Gasteiger partial charge in [-0.1, -0.05) is 12.1 Å². The molecule has 0 unspecified atom stereocenters. The maximum Gasteiger partial charge on any atom is 0.131 e. The van der Waals surface area contributed by atoms with Gasteiger partial charge in [-0.25, -0.2) is 0 Å². The Morgan fingerprint density at radius 3 is 1.62 bits per heavy atom. The van der Waals surface area contributed by atoms with Crippen molar-refractivity contribution < 1.29 is 24.4 Å². The van der Waals surface area contributed by atoms with E-state index < -0.39 is 0 Å². The third-order valence-corrected chi connectivity index (χ3v) is 3.23. The molecule has 110 valence electrons. The molecule has 3 rings (SSSR count). The minimum absolute atomic E-state index is 0.0269. The lowest BCUT2D eigenvalue weighted by Crippen LogP contribution is -2.11. The molecule has 0 aliphatic carbocycles. The van der Waals surface area contributed by atoms with Crippen molar-refractivity contribution in [1.29, 1.82) is 0 Å². The van der Waals surface area contributed by atoms with E-state index in [2.05, 4.69) is 0 Å². The van der Waals surface area contributed by atoms with Gasteiger partial charge in [0.05, 0.1) is 24.3 Å². The quantitative estimate of drug-likeness (QED) is 0.779. The topological polar surface area (TPSA) is 68.2 Å². The summed E-state index contributed by atoms with van der Waals surface area (Å²) in [4.78, 5) is 0. The molecule has 0 aromatic heterocycles. The number of aromatic hydroxyl groups is 2. The highest BCUT2D eigenvalue weighted by Gasteiger charge is 2.20. The van der Waals surface area contributed by atoms with Crippen LogP contribution in [-0.2, 0) is 4.74 Å². The molecule has 21 heavy (non-hydrogen) atoms. The normalized spacial score (nSPS) is 14.9. The van der Waals surface area contributed by atoms with Crippen molar-refractivity contribution in [3.8, 4) is 34.1 Å². The smallest absolute Gasteiger partial charge is 0.131 e. The first kappa shape index (κ1) is 13.6. The summed E-state index contributed by atoms with van der Waals surface area (Å²) in [7, 11) is 0. The number of rotatable bonds is 0. The number of benzene rings is 2. The lowest BCUT2D eigenvalue weighted by molar-refractivity contribution is 0.0775. The summed E-state index contributed by atoms with van der Waals surface area (Å²) in [6.07, 6.45) is 0. The summed E-state index contributed by atoms with van der Waals surface area (Å²) in [5.74, 6) is 1.01. The van der Waals surface area contributed by atoms with E-state index in [1.165, 1.54) is 0 Å². The molecule has 0 bridgehead atoms. The minimum Gasteiger partial charge on any atom is -0.507 e. The summed E-state index contributed by atoms with van der Waals surface area (Å²) >= 11 is 0. The summed E-state index contributed by atoms with van der Waals surface area (Å²) in [5.41, 5.74) is 0.847. The predicted molar refractivity (Wildman–Crippen MR) is 77.0 cm³/mol. The van der Waals surface area contributed by atoms with Gasteiger partial charge in [0.15, 0.2) is 0 Å². The number of fused-ring (bicyclic) bond motifs is 3. The first-order valence-electron chi connectivity index (χ1n) is 6.75. The molecule has 5 nitrogen and oxygen atoms in total. The summed E-state index contributed by atoms with van der Waals surface area (Å²) in [6, 6.07) is 9.96. The van der Waals surface area contributed by atoms with Crippen LogP contribution in [0.25, 0.3) is 11.1 Å². The van der Waals surface area contributed by atoms with Gasteiger partial charge < -0.3 is 24.4 Å². The van der Waals surface area contributed by atoms with Crippen LogP contribution in [0.15, 0.2) is 36.4 Å². The number of hydrogen-bond donors (Lipinski definition) is 2. The van der Waals surface area contributed by atoms with Crippen molar-refractivity contribution in [3.05, 3.63) is 36.4 Å². The van der Waals surface area contributed by atoms with Crippen LogP contribution in [0.1, 0.15) is 0 Å². The summed E-state index contributed by atoms with van der Waals surface area (Å²) < 4.78 is 16.7. The molecule has 1 heterocycles. The van der Waals surface area contributed by atoms with Crippen molar-refractivity contribution in [3.63, 3.8) is 0 Å². The number of phenols is 2. The molecule has 0 amide bonds. The Kier molecular flexibility index (Phi) is 3.83. The summed E-state index contributed by atoms with van der Waals surface area (Å²) in [6.45, 7) is 1.58. The molecule has 1 aliphatic heterocycles. The van der Waals surface area contributed by atoms with Crippen molar-refractivity contribution in [2.24, 2.45) is 0 Å². The SMILES string of the molecule is Oc1cccc2c1-c1c(O)cccc1OCCOCCO2. The first-order chi connectivity index (χ1) is 10.3. The van der Waals surface area contributed by atoms with Crippen LogP contribution in [0.2, 0.25) is 0 Å². The molecule has 0 saturated carbocycles. The van der Waals surface area contributed by atoms with Gasteiger partial charge in [0.1, 0.15) is 36.2 Å². The third-order valence-electron chi connectivity index (χ3n) is 3.23. The van der Waals surface area contributed by atoms with Crippen LogP contribution in [-0.4, -0.2) is 36.6 Å². The fourth-order valence-corrected chi connectivity index (χ4v) is 2.31. The van der Waals surface area contributed by atoms with Crippen LogP contribution in [0, 0.1) is 0 Å². The highest BCUT2D eigenvalue weighted by Crippen LogP contribution is 2.46. The van der Waals surface area contributed by atoms with Crippen molar-refractivity contribution >= 4 is 0 Å². The Balaban J connectivity index is 2.20. The molecule has 1 aliphatic rings. The molecule has 0 fully saturated rings. The lowest BCUT2D eigenvalue weighted by atomic mass is 10.0. The van der Waals surface area contributed by atoms with Crippen molar-refractivity contribution in [2.45, 2.75) is 0 Å². The van der Waals surface area contributed by atoms with Gasteiger partial charge in [0, 0.05) is 0 Å². The van der Waals surface area contributed by atoms with Crippen LogP contribution >= 0.6 is 0 Å². The second-order valence-corrected chi connectivity index (χ2v) is 4.61. The van der Waals surface area contributed by atoms with Gasteiger partial charge in [-0.05, 0) is 24.3 Å². The highest BCUT2D eigenvalue weighted by molar-refractivity contribution is 5.85. The molecule has 2 N–H and O–H groups in total. The maximum atomic E-state index is 10.2. The minimum atomic E-state index is 0.0269. The van der Waals surface area contributed by atoms with Gasteiger partial charge in [-0.2, -0.15) is 0 Å². The molecule has 0 saturated heterocycles. The Bertz CT molecular complexity index is 583. The Morgan fingerprint density at radius 1 is 0.667 bits per heavy atom. The number of ether oxygens (including phenoxy) is 3. The van der Waals surface area contributed by atoms with E-state index in [4.69, 9.17) is 14.2 Å². The van der Waals surface area contributed by atoms with E-state index >= 15 is 0 Å². The van der Waals surface area contributed by atoms with Gasteiger partial charge in [-0.15, -0.1) is 0 Å². The molecule has 0 atom stereocenters. The van der Waals surface area contributed by atoms with Gasteiger partial charge >= 0.3 is 0 Å². The number of phenolic OH excluding ortho intramolecular Hbond substituents is 2. The summed E-state index contributed by atoms with van der Waals surface area (Å²) in [5, 5.41) is 20.4. The maximum absolute atomic E-state index is 10.2. The number of hydrogen-bond acceptors (Lipinski definition) is 5. The standard InChI is InChI=1S/C16H16O5/c17-11-3-1-5-13-15(11)16-12(18)4-2-6-14(16)21-10-8-19-7-9-20-13/h1-6,17-18H,7-10H2. The molecule has 0 spiro atoms. The van der Waals surface area contributed by atoms with E-state index in [0.29, 0.717) is 49.1 Å². The average molecular weight is 288 g/mol. The lowest BCUT2D eigenvalue weighted by Gasteiger charge is -2.16. The molecular formula is C16H16O5. The van der Waals surface area contributed by atoms with E-state index in [-0.39, 0.29) is 11.5 Å². The van der Waals surface area contributed by atoms with Crippen molar-refractivity contribution in [1.82, 2.24) is 0 Å². The highest BCUT2D eigenvalue weighted by atomic mass is 16.5. The van der Waals surface area contributed by atoms with E-state index in [9.17, 15) is 10.2 Å². The fraction of sp³-hybridized carbons (Fsp3) is 0.250. The molecule has 0 radical (unpaired) electrons. The second-order valence-electron chi connectivity index (χ2n) is 4.61. The van der Waals surface area contributed by atoms with E-state index in [1.807, 2.05) is 0 Å². The largest absolute Gasteiger partial charge is 0.507 e. The zero-order chi connectivity index (χ0) is 14.7. The molecular weight excluding hydrogens is 272 g/mol. The van der Waals surface area contributed by atoms with Crippen molar-refractivity contribution in [2.75, 3.05) is 26.4 Å². The predicted octanol–water partition coefficient (Wildman–Crippen LogP) is 2.55. The fourth-order valence-electron chi connectivity index (χ4n) is 2.31. The Labute approximate surface area is 122 Å². The molecule has 2 aromatic carbocycles. The Hall–Kier alpha value is -2.40. The Morgan fingerprint density at radius 2 is 1.14 bits per heavy atom. The van der Waals surface area contributed by atoms with E-state index in [0.717, 1.165) is 0 Å². The first-order valence-corrected chi connectivity index (χ1v) is 6.75. The zero-order valence-electron chi connectivity index (χ0n) is 11.4. The van der Waals surface area contributed by atoms with Gasteiger partial charge in [-0.3, -0.25) is 0 Å². The monoisotopic (exact) mass is 288 g/mol. The van der Waals surface area contributed by atoms with E-state index in [1.54, 1.807) is 36.4 Å². The average Bonchev–Trinajstić information content (AvgIpc) is 2.51. The molecule has 2 aromatic rings. The van der Waals surface area contributed by atoms with Crippen LogP contribution in [0.4, 0.5) is 0 Å². The molecule has 5 heteroatoms. The van der Waals surface area contributed by atoms with Gasteiger partial charge in [0.2, 0.25) is 0 Å². The van der Waals surface area contributed by atoms with Crippen LogP contribution in [0.5, 0.6) is 23.0 Å². The second kappa shape index (κ2) is 5.93.